The van der Waals surface area contributed by atoms with Gasteiger partial charge >= 0.3 is 0 Å². The second kappa shape index (κ2) is 12.3. The molecular formula is C24H29N5O4S. The summed E-state index contributed by atoms with van der Waals surface area (Å²) in [4.78, 5) is 29.7. The van der Waals surface area contributed by atoms with Crippen molar-refractivity contribution in [1.29, 1.82) is 0 Å². The summed E-state index contributed by atoms with van der Waals surface area (Å²) in [5.74, 6) is 0.568. The predicted molar refractivity (Wildman–Crippen MR) is 131 cm³/mol. The van der Waals surface area contributed by atoms with E-state index in [0.717, 1.165) is 33.8 Å². The van der Waals surface area contributed by atoms with Gasteiger partial charge in [-0.2, -0.15) is 5.10 Å². The summed E-state index contributed by atoms with van der Waals surface area (Å²) in [5.41, 5.74) is 3.69. The Morgan fingerprint density at radius 3 is 2.76 bits per heavy atom. The van der Waals surface area contributed by atoms with E-state index in [1.807, 2.05) is 42.8 Å². The van der Waals surface area contributed by atoms with Crippen molar-refractivity contribution in [3.05, 3.63) is 65.6 Å². The third-order valence-electron chi connectivity index (χ3n) is 5.29. The summed E-state index contributed by atoms with van der Waals surface area (Å²) in [6, 6.07) is 11.8. The summed E-state index contributed by atoms with van der Waals surface area (Å²) in [5, 5.41) is 7.23. The van der Waals surface area contributed by atoms with Crippen LogP contribution in [0.2, 0.25) is 0 Å². The summed E-state index contributed by atoms with van der Waals surface area (Å²) < 4.78 is 12.2. The Morgan fingerprint density at radius 1 is 1.29 bits per heavy atom. The van der Waals surface area contributed by atoms with Crippen LogP contribution in [0.5, 0.6) is 0 Å². The normalized spacial score (nSPS) is 11.8. The van der Waals surface area contributed by atoms with Gasteiger partial charge in [0.05, 0.1) is 18.0 Å². The zero-order valence-electron chi connectivity index (χ0n) is 19.7. The molecule has 9 nitrogen and oxygen atoms in total. The molecule has 0 spiro atoms. The first-order valence-electron chi connectivity index (χ1n) is 10.7. The Kier molecular flexibility index (Phi) is 9.20. The molecule has 2 amide bonds. The van der Waals surface area contributed by atoms with Gasteiger partial charge in [-0.3, -0.25) is 14.5 Å². The minimum atomic E-state index is -0.168. The lowest BCUT2D eigenvalue weighted by molar-refractivity contribution is -0.125. The number of anilines is 1. The highest BCUT2D eigenvalue weighted by Crippen LogP contribution is 2.33. The number of nitrogens with zero attached hydrogens (tertiary/aromatic N) is 4. The number of hydrogen-bond donors (Lipinski definition) is 1. The maximum atomic E-state index is 11.4. The summed E-state index contributed by atoms with van der Waals surface area (Å²) in [6.07, 6.45) is 6.35. The molecule has 0 saturated heterocycles. The summed E-state index contributed by atoms with van der Waals surface area (Å²) >= 11 is 1.58. The minimum Gasteiger partial charge on any atom is -0.367 e. The van der Waals surface area contributed by atoms with Gasteiger partial charge in [0.15, 0.2) is 5.82 Å². The Labute approximate surface area is 203 Å². The first kappa shape index (κ1) is 25.4. The molecule has 34 heavy (non-hydrogen) atoms. The van der Waals surface area contributed by atoms with Crippen molar-refractivity contribution in [2.75, 3.05) is 38.7 Å². The number of hydrogen-bond acceptors (Lipinski definition) is 7. The van der Waals surface area contributed by atoms with Crippen LogP contribution in [0.1, 0.15) is 29.7 Å². The van der Waals surface area contributed by atoms with Crippen LogP contribution in [0.15, 0.2) is 53.7 Å². The molecule has 2 heterocycles. The van der Waals surface area contributed by atoms with Crippen LogP contribution >= 0.6 is 11.8 Å². The number of benzene rings is 1. The number of pyridine rings is 1. The van der Waals surface area contributed by atoms with Gasteiger partial charge in [0.2, 0.25) is 12.3 Å². The number of likely N-dealkylation sites (N-methyl/N-ethyl adjacent to an activating group) is 1. The lowest BCUT2D eigenvalue weighted by Gasteiger charge is -2.21. The summed E-state index contributed by atoms with van der Waals surface area (Å²) in [6.45, 7) is 2.61. The molecule has 3 rings (SSSR count). The maximum absolute atomic E-state index is 11.4. The Hall–Kier alpha value is -3.21. The number of amides is 2. The van der Waals surface area contributed by atoms with E-state index in [-0.39, 0.29) is 25.2 Å². The smallest absolute Gasteiger partial charge is 0.245 e. The molecule has 0 aliphatic heterocycles. The summed E-state index contributed by atoms with van der Waals surface area (Å²) in [7, 11) is 3.13. The highest BCUT2D eigenvalue weighted by atomic mass is 32.2. The highest BCUT2D eigenvalue weighted by molar-refractivity contribution is 7.98. The zero-order valence-corrected chi connectivity index (χ0v) is 20.5. The molecular weight excluding hydrogens is 454 g/mol. The number of nitrogens with one attached hydrogen (secondary N) is 1. The Bertz CT molecular complexity index is 1100. The molecule has 2 aromatic heterocycles. The van der Waals surface area contributed by atoms with Crippen molar-refractivity contribution in [3.63, 3.8) is 0 Å². The monoisotopic (exact) mass is 483 g/mol. The van der Waals surface area contributed by atoms with Gasteiger partial charge in [0, 0.05) is 37.4 Å². The maximum Gasteiger partial charge on any atom is 0.245 e. The number of aromatic nitrogens is 3. The van der Waals surface area contributed by atoms with Gasteiger partial charge in [-0.05, 0) is 41.6 Å². The van der Waals surface area contributed by atoms with Gasteiger partial charge in [0.25, 0.3) is 0 Å². The van der Waals surface area contributed by atoms with Gasteiger partial charge in [-0.1, -0.05) is 19.1 Å². The fourth-order valence-corrected chi connectivity index (χ4v) is 3.98. The number of thioether (sulfide) groups is 1. The number of carbonyl (C=O) groups is 2. The highest BCUT2D eigenvalue weighted by Gasteiger charge is 2.17. The first-order chi connectivity index (χ1) is 16.5. The van der Waals surface area contributed by atoms with E-state index in [0.29, 0.717) is 12.4 Å². The van der Waals surface area contributed by atoms with Crippen LogP contribution in [0.3, 0.4) is 0 Å². The first-order valence-corrected chi connectivity index (χ1v) is 11.9. The van der Waals surface area contributed by atoms with Crippen LogP contribution < -0.4 is 10.2 Å². The second-order valence-corrected chi connectivity index (χ2v) is 8.37. The van der Waals surface area contributed by atoms with Crippen LogP contribution in [0.4, 0.5) is 5.69 Å². The molecule has 3 aromatic rings. The van der Waals surface area contributed by atoms with E-state index >= 15 is 0 Å². The van der Waals surface area contributed by atoms with Gasteiger partial charge in [-0.15, -0.1) is 11.8 Å². The molecule has 0 saturated carbocycles. The molecule has 0 radical (unpaired) electrons. The Balaban J connectivity index is 1.72. The van der Waals surface area contributed by atoms with E-state index < -0.39 is 0 Å². The van der Waals surface area contributed by atoms with Gasteiger partial charge in [-0.25, -0.2) is 9.67 Å². The quantitative estimate of drug-likeness (QED) is 0.240. The van der Waals surface area contributed by atoms with Crippen molar-refractivity contribution in [2.45, 2.75) is 24.3 Å². The molecule has 10 heteroatoms. The minimum absolute atomic E-state index is 0.0114. The molecule has 0 bridgehead atoms. The third kappa shape index (κ3) is 6.22. The van der Waals surface area contributed by atoms with Crippen LogP contribution in [0, 0.1) is 0 Å². The van der Waals surface area contributed by atoms with E-state index in [1.54, 1.807) is 36.8 Å². The fraction of sp³-hybridized carbons (Fsp3) is 0.333. The van der Waals surface area contributed by atoms with Crippen molar-refractivity contribution in [2.24, 2.45) is 0 Å². The van der Waals surface area contributed by atoms with Crippen molar-refractivity contribution in [3.8, 4) is 5.82 Å². The van der Waals surface area contributed by atoms with Crippen LogP contribution in [0.25, 0.3) is 5.82 Å². The number of rotatable bonds is 12. The van der Waals surface area contributed by atoms with Crippen LogP contribution in [-0.2, 0) is 25.7 Å². The predicted octanol–water partition coefficient (Wildman–Crippen LogP) is 2.97. The molecule has 1 atom stereocenters. The number of methoxy groups -OCH3 is 1. The number of carbonyl (C=O) groups excluding carboxylic acids is 2. The lowest BCUT2D eigenvalue weighted by Crippen LogP contribution is -2.24. The van der Waals surface area contributed by atoms with Gasteiger partial charge in [0.1, 0.15) is 13.3 Å². The van der Waals surface area contributed by atoms with Gasteiger partial charge < -0.3 is 14.8 Å². The molecule has 1 N–H and O–H groups in total. The average molecular weight is 484 g/mol. The molecule has 0 aliphatic rings. The average Bonchev–Trinajstić information content (AvgIpc) is 3.37. The van der Waals surface area contributed by atoms with E-state index in [1.165, 1.54) is 4.90 Å². The van der Waals surface area contributed by atoms with Crippen molar-refractivity contribution < 1.29 is 19.1 Å². The van der Waals surface area contributed by atoms with E-state index in [4.69, 9.17) is 14.6 Å². The standard InChI is InChI=1S/C24H29N5O4S/c1-17(19-6-7-21(22(11-19)34-4)28(15-30)16-32-3)20-9-10-29(27-20)23-8-5-18(12-26-23)13-33-14-24(31)25-2/h5-12,15,17H,13-14,16H2,1-4H3,(H,25,31). The van der Waals surface area contributed by atoms with E-state index in [2.05, 4.69) is 23.3 Å². The largest absolute Gasteiger partial charge is 0.367 e. The molecule has 1 unspecified atom stereocenters. The second-order valence-electron chi connectivity index (χ2n) is 7.52. The van der Waals surface area contributed by atoms with Crippen LogP contribution in [-0.4, -0.2) is 60.8 Å². The molecule has 0 fully saturated rings. The zero-order chi connectivity index (χ0) is 24.5. The third-order valence-corrected chi connectivity index (χ3v) is 6.05. The lowest BCUT2D eigenvalue weighted by atomic mass is 9.97. The van der Waals surface area contributed by atoms with Crippen molar-refractivity contribution >= 4 is 29.8 Å². The molecule has 1 aromatic carbocycles. The number of ether oxygens (including phenoxy) is 2. The Morgan fingerprint density at radius 2 is 2.12 bits per heavy atom. The van der Waals surface area contributed by atoms with Crippen molar-refractivity contribution in [1.82, 2.24) is 20.1 Å². The topological polar surface area (TPSA) is 98.6 Å². The SMILES string of the molecule is CNC(=O)COCc1ccc(-n2ccc(C(C)c3ccc(N(C=O)COC)c(SC)c3)n2)nc1. The molecule has 180 valence electrons. The fourth-order valence-electron chi connectivity index (χ4n) is 3.34. The van der Waals surface area contributed by atoms with E-state index in [9.17, 15) is 9.59 Å². The molecule has 0 aliphatic carbocycles.